The molecule has 0 amide bonds. The Hall–Kier alpha value is -0.650. The first-order valence-electron chi connectivity index (χ1n) is 6.60. The van der Waals surface area contributed by atoms with Gasteiger partial charge in [0.25, 0.3) is 0 Å². The van der Waals surface area contributed by atoms with Crippen LogP contribution in [0.15, 0.2) is 0 Å². The SMILES string of the molecule is CCC(CCCOCCOC(C)C)(NC)C(=O)O. The highest BCUT2D eigenvalue weighted by molar-refractivity contribution is 5.78. The summed E-state index contributed by atoms with van der Waals surface area (Å²) in [5.41, 5.74) is -0.822. The Bertz CT molecular complexity index is 227. The number of nitrogens with one attached hydrogen (secondary N) is 1. The monoisotopic (exact) mass is 261 g/mol. The Morgan fingerprint density at radius 1 is 1.33 bits per heavy atom. The lowest BCUT2D eigenvalue weighted by Crippen LogP contribution is -2.49. The molecule has 5 heteroatoms. The Labute approximate surface area is 110 Å². The molecular formula is C13H27NO4. The van der Waals surface area contributed by atoms with Crippen LogP contribution in [0.4, 0.5) is 0 Å². The lowest BCUT2D eigenvalue weighted by atomic mass is 9.91. The summed E-state index contributed by atoms with van der Waals surface area (Å²) in [5.74, 6) is -0.796. The second kappa shape index (κ2) is 9.30. The van der Waals surface area contributed by atoms with E-state index in [0.29, 0.717) is 32.7 Å². The first-order chi connectivity index (χ1) is 8.48. The molecule has 0 aromatic heterocycles. The molecule has 0 bridgehead atoms. The smallest absolute Gasteiger partial charge is 0.323 e. The number of carboxylic acid groups (broad SMARTS) is 1. The fourth-order valence-electron chi connectivity index (χ4n) is 1.76. The summed E-state index contributed by atoms with van der Waals surface area (Å²) < 4.78 is 10.7. The molecule has 2 N–H and O–H groups in total. The predicted octanol–water partition coefficient (Wildman–Crippen LogP) is 1.66. The van der Waals surface area contributed by atoms with Crippen molar-refractivity contribution in [2.24, 2.45) is 0 Å². The van der Waals surface area contributed by atoms with Crippen LogP contribution >= 0.6 is 0 Å². The van der Waals surface area contributed by atoms with E-state index in [1.807, 2.05) is 20.8 Å². The van der Waals surface area contributed by atoms with Gasteiger partial charge in [-0.05, 0) is 40.2 Å². The number of rotatable bonds is 11. The summed E-state index contributed by atoms with van der Waals surface area (Å²) in [5, 5.41) is 12.1. The van der Waals surface area contributed by atoms with Crippen molar-refractivity contribution in [2.45, 2.75) is 51.7 Å². The maximum Gasteiger partial charge on any atom is 0.323 e. The number of carbonyl (C=O) groups is 1. The minimum atomic E-state index is -0.822. The van der Waals surface area contributed by atoms with E-state index in [0.717, 1.165) is 6.42 Å². The molecule has 0 aromatic rings. The van der Waals surface area contributed by atoms with Crippen LogP contribution in [0.25, 0.3) is 0 Å². The van der Waals surface area contributed by atoms with Crippen LogP contribution < -0.4 is 5.32 Å². The number of likely N-dealkylation sites (N-methyl/N-ethyl adjacent to an activating group) is 1. The number of ether oxygens (including phenoxy) is 2. The summed E-state index contributed by atoms with van der Waals surface area (Å²) in [6.07, 6.45) is 2.08. The normalized spacial score (nSPS) is 14.7. The van der Waals surface area contributed by atoms with Crippen LogP contribution in [-0.2, 0) is 14.3 Å². The van der Waals surface area contributed by atoms with Gasteiger partial charge in [0.05, 0.1) is 19.3 Å². The first kappa shape index (κ1) is 17.4. The van der Waals surface area contributed by atoms with Gasteiger partial charge in [-0.3, -0.25) is 4.79 Å². The zero-order valence-electron chi connectivity index (χ0n) is 12.0. The van der Waals surface area contributed by atoms with Gasteiger partial charge >= 0.3 is 5.97 Å². The van der Waals surface area contributed by atoms with Gasteiger partial charge in [0.1, 0.15) is 5.54 Å². The van der Waals surface area contributed by atoms with Gasteiger partial charge in [0.15, 0.2) is 0 Å². The highest BCUT2D eigenvalue weighted by atomic mass is 16.5. The average Bonchev–Trinajstić information content (AvgIpc) is 2.32. The topological polar surface area (TPSA) is 67.8 Å². The molecule has 0 aliphatic carbocycles. The molecule has 0 fully saturated rings. The van der Waals surface area contributed by atoms with E-state index < -0.39 is 11.5 Å². The first-order valence-corrected chi connectivity index (χ1v) is 6.60. The second-order valence-electron chi connectivity index (χ2n) is 4.63. The molecule has 0 saturated carbocycles. The highest BCUT2D eigenvalue weighted by Crippen LogP contribution is 2.17. The van der Waals surface area contributed by atoms with Gasteiger partial charge in [-0.2, -0.15) is 0 Å². The molecule has 5 nitrogen and oxygen atoms in total. The molecular weight excluding hydrogens is 234 g/mol. The van der Waals surface area contributed by atoms with Gasteiger partial charge in [-0.25, -0.2) is 0 Å². The lowest BCUT2D eigenvalue weighted by molar-refractivity contribution is -0.145. The van der Waals surface area contributed by atoms with E-state index in [4.69, 9.17) is 9.47 Å². The van der Waals surface area contributed by atoms with Gasteiger partial charge in [-0.1, -0.05) is 6.92 Å². The maximum atomic E-state index is 11.2. The molecule has 108 valence electrons. The van der Waals surface area contributed by atoms with Crippen LogP contribution in [0.2, 0.25) is 0 Å². The third kappa shape index (κ3) is 6.33. The second-order valence-corrected chi connectivity index (χ2v) is 4.63. The molecule has 0 radical (unpaired) electrons. The van der Waals surface area contributed by atoms with Crippen molar-refractivity contribution >= 4 is 5.97 Å². The van der Waals surface area contributed by atoms with Gasteiger partial charge in [0.2, 0.25) is 0 Å². The van der Waals surface area contributed by atoms with E-state index in [9.17, 15) is 9.90 Å². The number of carboxylic acids is 1. The number of hydrogen-bond acceptors (Lipinski definition) is 4. The summed E-state index contributed by atoms with van der Waals surface area (Å²) in [4.78, 5) is 11.2. The van der Waals surface area contributed by atoms with Crippen molar-refractivity contribution in [1.82, 2.24) is 5.32 Å². The van der Waals surface area contributed by atoms with Crippen LogP contribution in [0, 0.1) is 0 Å². The van der Waals surface area contributed by atoms with E-state index in [-0.39, 0.29) is 6.10 Å². The average molecular weight is 261 g/mol. The molecule has 0 spiro atoms. The predicted molar refractivity (Wildman–Crippen MR) is 70.9 cm³/mol. The Balaban J connectivity index is 3.72. The molecule has 0 rings (SSSR count). The van der Waals surface area contributed by atoms with Crippen molar-refractivity contribution < 1.29 is 19.4 Å². The largest absolute Gasteiger partial charge is 0.480 e. The van der Waals surface area contributed by atoms with Crippen LogP contribution in [0.3, 0.4) is 0 Å². The van der Waals surface area contributed by atoms with Crippen LogP contribution in [-0.4, -0.2) is 49.6 Å². The van der Waals surface area contributed by atoms with E-state index in [2.05, 4.69) is 5.32 Å². The quantitative estimate of drug-likeness (QED) is 0.554. The molecule has 0 heterocycles. The summed E-state index contributed by atoms with van der Waals surface area (Å²) in [6.45, 7) is 7.55. The summed E-state index contributed by atoms with van der Waals surface area (Å²) in [7, 11) is 1.69. The Morgan fingerprint density at radius 2 is 2.00 bits per heavy atom. The van der Waals surface area contributed by atoms with Crippen molar-refractivity contribution in [3.8, 4) is 0 Å². The van der Waals surface area contributed by atoms with E-state index in [1.54, 1.807) is 7.05 Å². The number of aliphatic carboxylic acids is 1. The standard InChI is InChI=1S/C13H27NO4/c1-5-13(14-4,12(15)16)7-6-8-17-9-10-18-11(2)3/h11,14H,5-10H2,1-4H3,(H,15,16). The third-order valence-electron chi connectivity index (χ3n) is 3.06. The molecule has 0 aliphatic rings. The minimum absolute atomic E-state index is 0.220. The molecule has 1 atom stereocenters. The lowest BCUT2D eigenvalue weighted by Gasteiger charge is -2.27. The minimum Gasteiger partial charge on any atom is -0.480 e. The fourth-order valence-corrected chi connectivity index (χ4v) is 1.76. The van der Waals surface area contributed by atoms with Crippen molar-refractivity contribution in [3.63, 3.8) is 0 Å². The number of hydrogen-bond donors (Lipinski definition) is 2. The summed E-state index contributed by atoms with van der Waals surface area (Å²) in [6, 6.07) is 0. The molecule has 0 aliphatic heterocycles. The van der Waals surface area contributed by atoms with Gasteiger partial charge in [0, 0.05) is 6.61 Å². The fraction of sp³-hybridized carbons (Fsp3) is 0.923. The molecule has 18 heavy (non-hydrogen) atoms. The zero-order chi connectivity index (χ0) is 14.0. The highest BCUT2D eigenvalue weighted by Gasteiger charge is 2.33. The zero-order valence-corrected chi connectivity index (χ0v) is 12.0. The van der Waals surface area contributed by atoms with Gasteiger partial charge < -0.3 is 19.9 Å². The summed E-state index contributed by atoms with van der Waals surface area (Å²) >= 11 is 0. The molecule has 0 saturated heterocycles. The van der Waals surface area contributed by atoms with E-state index >= 15 is 0 Å². The maximum absolute atomic E-state index is 11.2. The van der Waals surface area contributed by atoms with Crippen molar-refractivity contribution in [3.05, 3.63) is 0 Å². The van der Waals surface area contributed by atoms with Crippen LogP contribution in [0.5, 0.6) is 0 Å². The Kier molecular flexibility index (Phi) is 8.97. The van der Waals surface area contributed by atoms with Crippen molar-refractivity contribution in [1.29, 1.82) is 0 Å². The van der Waals surface area contributed by atoms with E-state index in [1.165, 1.54) is 0 Å². The molecule has 1 unspecified atom stereocenters. The third-order valence-corrected chi connectivity index (χ3v) is 3.06. The van der Waals surface area contributed by atoms with Gasteiger partial charge in [-0.15, -0.1) is 0 Å². The Morgan fingerprint density at radius 3 is 2.44 bits per heavy atom. The van der Waals surface area contributed by atoms with Crippen LogP contribution in [0.1, 0.15) is 40.0 Å². The van der Waals surface area contributed by atoms with Crippen molar-refractivity contribution in [2.75, 3.05) is 26.9 Å². The molecule has 0 aromatic carbocycles.